The van der Waals surface area contributed by atoms with Gasteiger partial charge < -0.3 is 5.32 Å². The maximum Gasteiger partial charge on any atom is 0.110 e. The first kappa shape index (κ1) is 15.3. The van der Waals surface area contributed by atoms with Crippen molar-refractivity contribution in [3.05, 3.63) is 22.8 Å². The molecule has 0 aromatic carbocycles. The standard InChI is InChI=1S/C15H23BrN2S/c1-4-9-17-13-12(7-8-15(13,2)3)19-14-11(16)6-5-10-18-14/h5-6,10,12-13,17H,4,7-9H2,1-3H3. The van der Waals surface area contributed by atoms with E-state index in [-0.39, 0.29) is 0 Å². The Labute approximate surface area is 129 Å². The molecular weight excluding hydrogens is 320 g/mol. The Bertz CT molecular complexity index is 422. The highest BCUT2D eigenvalue weighted by atomic mass is 79.9. The Morgan fingerprint density at radius 1 is 1.53 bits per heavy atom. The Hall–Kier alpha value is -0.0600. The van der Waals surface area contributed by atoms with E-state index in [1.807, 2.05) is 24.0 Å². The highest BCUT2D eigenvalue weighted by Gasteiger charge is 2.42. The lowest BCUT2D eigenvalue weighted by atomic mass is 9.87. The van der Waals surface area contributed by atoms with E-state index in [0.717, 1.165) is 16.0 Å². The summed E-state index contributed by atoms with van der Waals surface area (Å²) in [5.41, 5.74) is 0.383. The summed E-state index contributed by atoms with van der Waals surface area (Å²) in [7, 11) is 0. The van der Waals surface area contributed by atoms with Gasteiger partial charge in [0.1, 0.15) is 5.03 Å². The van der Waals surface area contributed by atoms with E-state index < -0.39 is 0 Å². The van der Waals surface area contributed by atoms with Crippen LogP contribution >= 0.6 is 27.7 Å². The van der Waals surface area contributed by atoms with E-state index in [1.54, 1.807) is 0 Å². The average molecular weight is 343 g/mol. The van der Waals surface area contributed by atoms with Crippen LogP contribution in [-0.4, -0.2) is 22.8 Å². The molecule has 0 spiro atoms. The molecule has 0 bridgehead atoms. The predicted molar refractivity (Wildman–Crippen MR) is 86.7 cm³/mol. The van der Waals surface area contributed by atoms with Crippen LogP contribution in [0.2, 0.25) is 0 Å². The Kier molecular flexibility index (Phi) is 5.32. The van der Waals surface area contributed by atoms with Crippen molar-refractivity contribution in [2.24, 2.45) is 5.41 Å². The summed E-state index contributed by atoms with van der Waals surface area (Å²) in [4.78, 5) is 4.49. The van der Waals surface area contributed by atoms with Crippen LogP contribution in [0.1, 0.15) is 40.0 Å². The molecule has 1 aliphatic rings. The summed E-state index contributed by atoms with van der Waals surface area (Å²) in [5, 5.41) is 5.48. The zero-order chi connectivity index (χ0) is 13.9. The van der Waals surface area contributed by atoms with Gasteiger partial charge in [0.05, 0.1) is 0 Å². The minimum absolute atomic E-state index is 0.383. The van der Waals surface area contributed by atoms with Crippen LogP contribution in [-0.2, 0) is 0 Å². The molecule has 0 saturated heterocycles. The van der Waals surface area contributed by atoms with E-state index in [0.29, 0.717) is 16.7 Å². The summed E-state index contributed by atoms with van der Waals surface area (Å²) < 4.78 is 1.11. The molecule has 106 valence electrons. The number of halogens is 1. The third-order valence-corrected chi connectivity index (χ3v) is 6.15. The fourth-order valence-electron chi connectivity index (χ4n) is 2.78. The Balaban J connectivity index is 2.08. The van der Waals surface area contributed by atoms with Crippen molar-refractivity contribution in [1.82, 2.24) is 10.3 Å². The van der Waals surface area contributed by atoms with Crippen LogP contribution in [0.5, 0.6) is 0 Å². The zero-order valence-corrected chi connectivity index (χ0v) is 14.4. The molecule has 1 aromatic rings. The number of hydrogen-bond donors (Lipinski definition) is 1. The van der Waals surface area contributed by atoms with E-state index in [1.165, 1.54) is 19.3 Å². The van der Waals surface area contributed by atoms with Crippen molar-refractivity contribution >= 4 is 27.7 Å². The van der Waals surface area contributed by atoms with Gasteiger partial charge in [-0.15, -0.1) is 11.8 Å². The molecule has 2 atom stereocenters. The minimum atomic E-state index is 0.383. The number of hydrogen-bond acceptors (Lipinski definition) is 3. The second-order valence-corrected chi connectivity index (χ2v) is 7.99. The van der Waals surface area contributed by atoms with Gasteiger partial charge in [-0.2, -0.15) is 0 Å². The number of thioether (sulfide) groups is 1. The number of aromatic nitrogens is 1. The average Bonchev–Trinajstić information content (AvgIpc) is 2.65. The topological polar surface area (TPSA) is 24.9 Å². The van der Waals surface area contributed by atoms with Crippen molar-refractivity contribution in [3.8, 4) is 0 Å². The molecule has 0 radical (unpaired) electrons. The van der Waals surface area contributed by atoms with Crippen molar-refractivity contribution in [1.29, 1.82) is 0 Å². The first-order valence-electron chi connectivity index (χ1n) is 7.05. The quantitative estimate of drug-likeness (QED) is 0.852. The minimum Gasteiger partial charge on any atom is -0.312 e. The predicted octanol–water partition coefficient (Wildman–Crippen LogP) is 4.49. The van der Waals surface area contributed by atoms with Crippen LogP contribution in [0.25, 0.3) is 0 Å². The van der Waals surface area contributed by atoms with E-state index in [4.69, 9.17) is 0 Å². The maximum absolute atomic E-state index is 4.49. The molecule has 0 aliphatic heterocycles. The fourth-order valence-corrected chi connectivity index (χ4v) is 4.74. The number of rotatable bonds is 5. The normalized spacial score (nSPS) is 25.7. The van der Waals surface area contributed by atoms with Crippen molar-refractivity contribution < 1.29 is 0 Å². The first-order valence-corrected chi connectivity index (χ1v) is 8.72. The fraction of sp³-hybridized carbons (Fsp3) is 0.667. The summed E-state index contributed by atoms with van der Waals surface area (Å²) in [6.45, 7) is 8.10. The van der Waals surface area contributed by atoms with Gasteiger partial charge in [-0.1, -0.05) is 20.8 Å². The van der Waals surface area contributed by atoms with Gasteiger partial charge in [0.25, 0.3) is 0 Å². The molecule has 1 aromatic heterocycles. The lowest BCUT2D eigenvalue weighted by molar-refractivity contribution is 0.287. The summed E-state index contributed by atoms with van der Waals surface area (Å²) >= 11 is 5.52. The maximum atomic E-state index is 4.49. The molecule has 2 rings (SSSR count). The molecule has 1 N–H and O–H groups in total. The second-order valence-electron chi connectivity index (χ2n) is 5.91. The summed E-state index contributed by atoms with van der Waals surface area (Å²) in [5.74, 6) is 0. The third-order valence-electron chi connectivity index (χ3n) is 3.89. The molecule has 19 heavy (non-hydrogen) atoms. The molecule has 1 saturated carbocycles. The van der Waals surface area contributed by atoms with Crippen molar-refractivity contribution in [2.75, 3.05) is 6.54 Å². The van der Waals surface area contributed by atoms with Crippen LogP contribution in [0.4, 0.5) is 0 Å². The van der Waals surface area contributed by atoms with Gasteiger partial charge in [0.2, 0.25) is 0 Å². The van der Waals surface area contributed by atoms with Crippen molar-refractivity contribution in [3.63, 3.8) is 0 Å². The lowest BCUT2D eigenvalue weighted by Crippen LogP contribution is -2.43. The third kappa shape index (κ3) is 3.73. The Morgan fingerprint density at radius 3 is 3.00 bits per heavy atom. The monoisotopic (exact) mass is 342 g/mol. The van der Waals surface area contributed by atoms with Gasteiger partial charge in [0.15, 0.2) is 0 Å². The molecular formula is C15H23BrN2S. The highest BCUT2D eigenvalue weighted by Crippen LogP contribution is 2.45. The number of nitrogens with zero attached hydrogens (tertiary/aromatic N) is 1. The molecule has 1 fully saturated rings. The SMILES string of the molecule is CCCNC1C(Sc2ncccc2Br)CCC1(C)C. The Morgan fingerprint density at radius 2 is 2.32 bits per heavy atom. The zero-order valence-electron chi connectivity index (χ0n) is 11.9. The van der Waals surface area contributed by atoms with Gasteiger partial charge in [0, 0.05) is 22.0 Å². The van der Waals surface area contributed by atoms with Gasteiger partial charge in [-0.3, -0.25) is 0 Å². The molecule has 2 nitrogen and oxygen atoms in total. The first-order chi connectivity index (χ1) is 9.04. The highest BCUT2D eigenvalue weighted by molar-refractivity contribution is 9.10. The van der Waals surface area contributed by atoms with Gasteiger partial charge >= 0.3 is 0 Å². The van der Waals surface area contributed by atoms with Crippen molar-refractivity contribution in [2.45, 2.75) is 56.4 Å². The van der Waals surface area contributed by atoms with E-state index >= 15 is 0 Å². The largest absolute Gasteiger partial charge is 0.312 e. The smallest absolute Gasteiger partial charge is 0.110 e. The molecule has 2 unspecified atom stereocenters. The number of nitrogens with one attached hydrogen (secondary N) is 1. The molecule has 1 aliphatic carbocycles. The van der Waals surface area contributed by atoms with Crippen LogP contribution < -0.4 is 5.32 Å². The summed E-state index contributed by atoms with van der Waals surface area (Å²) in [6, 6.07) is 4.62. The van der Waals surface area contributed by atoms with Crippen LogP contribution in [0.3, 0.4) is 0 Å². The van der Waals surface area contributed by atoms with E-state index in [9.17, 15) is 0 Å². The number of pyridine rings is 1. The molecule has 4 heteroatoms. The van der Waals surface area contributed by atoms with Gasteiger partial charge in [-0.25, -0.2) is 4.98 Å². The van der Waals surface area contributed by atoms with Gasteiger partial charge in [-0.05, 0) is 59.3 Å². The summed E-state index contributed by atoms with van der Waals surface area (Å²) in [6.07, 6.45) is 5.62. The molecule has 0 amide bonds. The van der Waals surface area contributed by atoms with Crippen LogP contribution in [0, 0.1) is 5.41 Å². The second kappa shape index (κ2) is 6.59. The molecule has 1 heterocycles. The van der Waals surface area contributed by atoms with Crippen LogP contribution in [0.15, 0.2) is 27.8 Å². The lowest BCUT2D eigenvalue weighted by Gasteiger charge is -2.31. The van der Waals surface area contributed by atoms with E-state index in [2.05, 4.69) is 53.1 Å².